The molecule has 0 saturated carbocycles. The van der Waals surface area contributed by atoms with E-state index >= 15 is 0 Å². The second-order valence-corrected chi connectivity index (χ2v) is 6.49. The lowest BCUT2D eigenvalue weighted by Gasteiger charge is -2.13. The minimum atomic E-state index is -0.704. The molecule has 1 atom stereocenters. The summed E-state index contributed by atoms with van der Waals surface area (Å²) in [5, 5.41) is 2.61. The molecule has 1 amide bonds. The van der Waals surface area contributed by atoms with Crippen LogP contribution in [0.4, 0.5) is 10.1 Å². The molecule has 0 aliphatic carbocycles. The van der Waals surface area contributed by atoms with Crippen molar-refractivity contribution < 1.29 is 18.7 Å². The number of rotatable bonds is 5. The van der Waals surface area contributed by atoms with E-state index in [0.717, 1.165) is 25.5 Å². The predicted molar refractivity (Wildman–Crippen MR) is 95.3 cm³/mol. The van der Waals surface area contributed by atoms with Gasteiger partial charge >= 0.3 is 0 Å². The first-order chi connectivity index (χ1) is 12.0. The smallest absolute Gasteiger partial charge is 0.257 e. The summed E-state index contributed by atoms with van der Waals surface area (Å²) in [6.45, 7) is 1.23. The third-order valence-electron chi connectivity index (χ3n) is 3.81. The van der Waals surface area contributed by atoms with Crippen molar-refractivity contribution in [3.05, 3.63) is 57.8 Å². The van der Waals surface area contributed by atoms with Crippen LogP contribution in [0.15, 0.2) is 36.4 Å². The molecule has 3 rings (SSSR count). The first-order valence-corrected chi connectivity index (χ1v) is 8.59. The molecule has 7 heteroatoms. The zero-order chi connectivity index (χ0) is 17.8. The summed E-state index contributed by atoms with van der Waals surface area (Å²) in [4.78, 5) is 12.3. The number of hydrogen-bond acceptors (Lipinski definition) is 3. The number of nitrogens with one attached hydrogen (secondary N) is 1. The Morgan fingerprint density at radius 2 is 2.12 bits per heavy atom. The average molecular weight is 384 g/mol. The zero-order valence-corrected chi connectivity index (χ0v) is 14.7. The summed E-state index contributed by atoms with van der Waals surface area (Å²) in [7, 11) is 0. The van der Waals surface area contributed by atoms with Crippen LogP contribution >= 0.6 is 23.2 Å². The second kappa shape index (κ2) is 8.04. The molecule has 25 heavy (non-hydrogen) atoms. The Bertz CT molecular complexity index is 779. The van der Waals surface area contributed by atoms with E-state index in [1.165, 1.54) is 6.07 Å². The number of hydrogen-bond donors (Lipinski definition) is 1. The van der Waals surface area contributed by atoms with Crippen LogP contribution < -0.4 is 10.1 Å². The van der Waals surface area contributed by atoms with Gasteiger partial charge in [0.05, 0.1) is 21.7 Å². The first-order valence-electron chi connectivity index (χ1n) is 7.83. The molecular formula is C18H16Cl2FNO3. The number of benzene rings is 2. The topological polar surface area (TPSA) is 47.6 Å². The minimum Gasteiger partial charge on any atom is -0.491 e. The van der Waals surface area contributed by atoms with Crippen molar-refractivity contribution in [1.82, 2.24) is 0 Å². The van der Waals surface area contributed by atoms with E-state index in [-0.39, 0.29) is 21.7 Å². The summed E-state index contributed by atoms with van der Waals surface area (Å²) in [5.41, 5.74) is 0.524. The molecule has 0 aromatic heterocycles. The maximum absolute atomic E-state index is 13.6. The summed E-state index contributed by atoms with van der Waals surface area (Å²) in [5.74, 6) is -0.622. The molecule has 1 fully saturated rings. The minimum absolute atomic E-state index is 0.00856. The normalized spacial score (nSPS) is 16.7. The predicted octanol–water partition coefficient (Wildman–Crippen LogP) is 4.94. The van der Waals surface area contributed by atoms with Crippen molar-refractivity contribution in [3.8, 4) is 5.75 Å². The Morgan fingerprint density at radius 1 is 1.28 bits per heavy atom. The lowest BCUT2D eigenvalue weighted by Crippen LogP contribution is -2.16. The van der Waals surface area contributed by atoms with Gasteiger partial charge in [-0.2, -0.15) is 0 Å². The summed E-state index contributed by atoms with van der Waals surface area (Å²) in [6.07, 6.45) is 2.13. The van der Waals surface area contributed by atoms with Crippen molar-refractivity contribution in [3.63, 3.8) is 0 Å². The molecular weight excluding hydrogens is 368 g/mol. The first kappa shape index (κ1) is 18.0. The van der Waals surface area contributed by atoms with Gasteiger partial charge in [0.25, 0.3) is 5.91 Å². The highest BCUT2D eigenvalue weighted by molar-refractivity contribution is 6.37. The Morgan fingerprint density at radius 3 is 2.88 bits per heavy atom. The maximum Gasteiger partial charge on any atom is 0.257 e. The van der Waals surface area contributed by atoms with Gasteiger partial charge < -0.3 is 14.8 Å². The van der Waals surface area contributed by atoms with E-state index in [1.807, 2.05) is 0 Å². The third-order valence-corrected chi connectivity index (χ3v) is 4.41. The summed E-state index contributed by atoms with van der Waals surface area (Å²) < 4.78 is 24.8. The molecule has 0 spiro atoms. The Balaban J connectivity index is 1.67. The van der Waals surface area contributed by atoms with Crippen molar-refractivity contribution in [2.24, 2.45) is 0 Å². The van der Waals surface area contributed by atoms with Gasteiger partial charge in [-0.1, -0.05) is 29.3 Å². The molecule has 1 saturated heterocycles. The van der Waals surface area contributed by atoms with Gasteiger partial charge in [0.1, 0.15) is 18.2 Å². The van der Waals surface area contributed by atoms with Crippen LogP contribution in [0.2, 0.25) is 10.0 Å². The largest absolute Gasteiger partial charge is 0.491 e. The van der Waals surface area contributed by atoms with E-state index in [2.05, 4.69) is 5.32 Å². The fraction of sp³-hybridized carbons (Fsp3) is 0.278. The van der Waals surface area contributed by atoms with E-state index in [9.17, 15) is 9.18 Å². The summed E-state index contributed by atoms with van der Waals surface area (Å²) >= 11 is 11.6. The van der Waals surface area contributed by atoms with Crippen LogP contribution in [0.3, 0.4) is 0 Å². The maximum atomic E-state index is 13.6. The number of carbonyl (C=O) groups excluding carboxylic acids is 1. The lowest BCUT2D eigenvalue weighted by molar-refractivity contribution is 0.0680. The zero-order valence-electron chi connectivity index (χ0n) is 13.2. The van der Waals surface area contributed by atoms with Gasteiger partial charge in [0.2, 0.25) is 0 Å². The monoisotopic (exact) mass is 383 g/mol. The fourth-order valence-corrected chi connectivity index (χ4v) is 2.99. The van der Waals surface area contributed by atoms with Crippen molar-refractivity contribution in [2.45, 2.75) is 18.9 Å². The van der Waals surface area contributed by atoms with Crippen LogP contribution in [0.1, 0.15) is 23.2 Å². The molecule has 1 N–H and O–H groups in total. The molecule has 1 heterocycles. The Labute approximate surface area is 154 Å². The highest BCUT2D eigenvalue weighted by atomic mass is 35.5. The van der Waals surface area contributed by atoms with Crippen molar-refractivity contribution in [2.75, 3.05) is 18.5 Å². The molecule has 1 aliphatic heterocycles. The summed E-state index contributed by atoms with van der Waals surface area (Å²) in [6, 6.07) is 9.15. The van der Waals surface area contributed by atoms with E-state index < -0.39 is 11.7 Å². The Kier molecular flexibility index (Phi) is 5.78. The number of ether oxygens (including phenoxy) is 2. The molecule has 4 nitrogen and oxygen atoms in total. The van der Waals surface area contributed by atoms with Gasteiger partial charge in [0.15, 0.2) is 0 Å². The number of amides is 1. The van der Waals surface area contributed by atoms with E-state index in [0.29, 0.717) is 18.0 Å². The molecule has 132 valence electrons. The standard InChI is InChI=1S/C18H16Cl2FNO3/c19-15-9-16(20)17(21)8-14(15)18(23)22-11-3-1-4-12(7-11)25-10-13-5-2-6-24-13/h1,3-4,7-9,13H,2,5-6,10H2,(H,22,23)/t13-/m1/s1. The third kappa shape index (κ3) is 4.63. The number of halogens is 3. The molecule has 2 aromatic rings. The SMILES string of the molecule is O=C(Nc1cccc(OC[C@H]2CCCO2)c1)c1cc(F)c(Cl)cc1Cl. The molecule has 0 radical (unpaired) electrons. The van der Waals surface area contributed by atoms with Gasteiger partial charge in [-0.3, -0.25) is 4.79 Å². The van der Waals surface area contributed by atoms with Crippen LogP contribution in [0.5, 0.6) is 5.75 Å². The van der Waals surface area contributed by atoms with Crippen LogP contribution in [-0.4, -0.2) is 25.2 Å². The quantitative estimate of drug-likeness (QED) is 0.743. The van der Waals surface area contributed by atoms with Crippen molar-refractivity contribution in [1.29, 1.82) is 0 Å². The lowest BCUT2D eigenvalue weighted by atomic mass is 10.2. The molecule has 2 aromatic carbocycles. The van der Waals surface area contributed by atoms with Crippen LogP contribution in [0, 0.1) is 5.82 Å². The molecule has 1 aliphatic rings. The van der Waals surface area contributed by atoms with E-state index in [4.69, 9.17) is 32.7 Å². The van der Waals surface area contributed by atoms with Crippen LogP contribution in [-0.2, 0) is 4.74 Å². The van der Waals surface area contributed by atoms with E-state index in [1.54, 1.807) is 24.3 Å². The number of carbonyl (C=O) groups is 1. The highest BCUT2D eigenvalue weighted by Crippen LogP contribution is 2.26. The highest BCUT2D eigenvalue weighted by Gasteiger charge is 2.17. The van der Waals surface area contributed by atoms with Crippen molar-refractivity contribution >= 4 is 34.8 Å². The van der Waals surface area contributed by atoms with Gasteiger partial charge in [-0.25, -0.2) is 4.39 Å². The molecule has 0 bridgehead atoms. The van der Waals surface area contributed by atoms with Gasteiger partial charge in [-0.15, -0.1) is 0 Å². The second-order valence-electron chi connectivity index (χ2n) is 5.67. The van der Waals surface area contributed by atoms with Gasteiger partial charge in [0, 0.05) is 18.4 Å². The average Bonchev–Trinajstić information content (AvgIpc) is 3.10. The fourth-order valence-electron chi connectivity index (χ4n) is 2.52. The molecule has 0 unspecified atom stereocenters. The number of anilines is 1. The Hall–Kier alpha value is -1.82. The van der Waals surface area contributed by atoms with Gasteiger partial charge in [-0.05, 0) is 37.1 Å². The van der Waals surface area contributed by atoms with Crippen LogP contribution in [0.25, 0.3) is 0 Å².